The molecule has 5 aromatic rings. The molecule has 4 aliphatic rings. The number of carbonyl (C=O) groups is 1. The van der Waals surface area contributed by atoms with Crippen LogP contribution in [-0.2, 0) is 10.0 Å². The van der Waals surface area contributed by atoms with Crippen molar-refractivity contribution in [3.8, 4) is 17.4 Å². The first-order valence-electron chi connectivity index (χ1n) is 25.3. The molecule has 2 aromatic carbocycles. The van der Waals surface area contributed by atoms with Crippen LogP contribution in [0.5, 0.6) is 17.4 Å². The number of hydrogen-bond acceptors (Lipinski definition) is 14. The summed E-state index contributed by atoms with van der Waals surface area (Å²) in [5.74, 6) is -0.559. The Bertz CT molecular complexity index is 2810. The molecule has 1 atom stereocenters. The highest BCUT2D eigenvalue weighted by Crippen LogP contribution is 2.53. The van der Waals surface area contributed by atoms with Crippen LogP contribution in [0.4, 0.5) is 21.6 Å². The minimum atomic E-state index is -4.59. The van der Waals surface area contributed by atoms with Crippen molar-refractivity contribution in [3.05, 3.63) is 94.7 Å². The molecule has 2 saturated carbocycles. The second kappa shape index (κ2) is 20.5. The molecule has 18 heteroatoms. The fourth-order valence-electron chi connectivity index (χ4n) is 11.3. The number of sulfonamides is 1. The monoisotopic (exact) mass is 995 g/mol. The van der Waals surface area contributed by atoms with Gasteiger partial charge in [0.05, 0.1) is 28.8 Å². The number of carbonyl (C=O) groups excluding carboxylic acids is 1. The molecule has 1 amide bonds. The molecule has 0 unspecified atom stereocenters. The number of nitrogens with one attached hydrogen (secondary N) is 3. The second-order valence-corrected chi connectivity index (χ2v) is 22.5. The second-order valence-electron chi connectivity index (χ2n) is 20.8. The van der Waals surface area contributed by atoms with Gasteiger partial charge < -0.3 is 45.0 Å². The molecule has 3 aromatic heterocycles. The lowest BCUT2D eigenvalue weighted by Gasteiger charge is -2.58. The summed E-state index contributed by atoms with van der Waals surface area (Å²) in [5, 5.41) is 27.0. The third-order valence-corrected chi connectivity index (χ3v) is 16.9. The lowest BCUT2D eigenvalue weighted by atomic mass is 9.59. The van der Waals surface area contributed by atoms with Gasteiger partial charge in [-0.15, -0.1) is 0 Å². The van der Waals surface area contributed by atoms with Crippen molar-refractivity contribution in [2.75, 3.05) is 74.7 Å². The number of aromatic nitrogens is 3. The van der Waals surface area contributed by atoms with Gasteiger partial charge in [-0.1, -0.05) is 45.0 Å². The van der Waals surface area contributed by atoms with Crippen LogP contribution in [0, 0.1) is 22.4 Å². The first-order chi connectivity index (χ1) is 33.9. The van der Waals surface area contributed by atoms with Crippen molar-refractivity contribution < 1.29 is 32.2 Å². The van der Waals surface area contributed by atoms with Crippen LogP contribution in [0.2, 0.25) is 0 Å². The summed E-state index contributed by atoms with van der Waals surface area (Å²) < 4.78 is 57.3. The summed E-state index contributed by atoms with van der Waals surface area (Å²) in [6.45, 7) is 16.9. The normalized spacial score (nSPS) is 22.1. The maximum Gasteiger partial charge on any atom is 0.268 e. The Morgan fingerprint density at radius 3 is 2.48 bits per heavy atom. The minimum absolute atomic E-state index is 0.0121. The number of ether oxygens (including phenoxy) is 2. The van der Waals surface area contributed by atoms with Gasteiger partial charge in [0.1, 0.15) is 27.9 Å². The van der Waals surface area contributed by atoms with Gasteiger partial charge in [0.15, 0.2) is 5.75 Å². The van der Waals surface area contributed by atoms with E-state index in [0.29, 0.717) is 42.5 Å². The SMILES string of the molecule is CCOc1nc2[nH]cc(F)c2cc1Oc1cc(N2CCC3(CC2)CC(N2CCN(CC)C[C@H]2c2ccccc2C(C)C)C3)ccc1C(=O)NS(=O)(=O)c1cnc(NCC2CCC(C)(O)CC2)c(N(C)[O-])c1. The van der Waals surface area contributed by atoms with Crippen LogP contribution in [0.25, 0.3) is 11.0 Å². The first kappa shape index (κ1) is 50.4. The molecule has 382 valence electrons. The molecule has 2 aliphatic carbocycles. The molecule has 2 aliphatic heterocycles. The van der Waals surface area contributed by atoms with Crippen molar-refractivity contribution in [1.29, 1.82) is 0 Å². The molecule has 1 spiro atoms. The summed E-state index contributed by atoms with van der Waals surface area (Å²) in [6, 6.07) is 17.5. The number of amides is 1. The maximum absolute atomic E-state index is 15.0. The molecule has 0 radical (unpaired) electrons. The topological polar surface area (TPSA) is 192 Å². The van der Waals surface area contributed by atoms with Gasteiger partial charge in [0.25, 0.3) is 21.8 Å². The quantitative estimate of drug-likeness (QED) is 0.0685. The Balaban J connectivity index is 0.937. The standard InChI is InChI=1S/C53H69FN9O7S/c1-7-61-23-24-63(45(33-61)40-12-10-9-11-39(40)34(3)4)37-28-53(29-37)19-21-62(22-20-53)36-13-14-41(46(25-36)70-47-27-42-43(54)32-57-48(42)58-51(47)69-8-2)50(64)59-71(67,68)38-26-44(60(6)66)49(56-31-38)55-30-35-15-17-52(5,65)18-16-35/h9-14,25-27,31-32,34-35,37,45,65H,7-8,15-24,28-30,33H2,1-6H3,(H,55,56)(H,57,58)(H,59,64)/q-1/t35?,45-,52?/m0/s1. The molecule has 2 saturated heterocycles. The molecule has 16 nitrogen and oxygen atoms in total. The Labute approximate surface area is 416 Å². The van der Waals surface area contributed by atoms with Crippen molar-refractivity contribution in [3.63, 3.8) is 0 Å². The molecule has 5 heterocycles. The van der Waals surface area contributed by atoms with Gasteiger partial charge in [0.2, 0.25) is 0 Å². The predicted octanol–water partition coefficient (Wildman–Crippen LogP) is 8.95. The van der Waals surface area contributed by atoms with Crippen LogP contribution in [0.1, 0.15) is 119 Å². The molecule has 4 fully saturated rings. The number of likely N-dealkylation sites (N-methyl/N-ethyl adjacent to an activating group) is 1. The maximum atomic E-state index is 15.0. The number of rotatable bonds is 16. The van der Waals surface area contributed by atoms with Gasteiger partial charge in [-0.3, -0.25) is 9.69 Å². The molecular weight excluding hydrogens is 926 g/mol. The smallest absolute Gasteiger partial charge is 0.268 e. The molecule has 0 bridgehead atoms. The van der Waals surface area contributed by atoms with Crippen LogP contribution in [-0.4, -0.2) is 115 Å². The zero-order chi connectivity index (χ0) is 50.2. The van der Waals surface area contributed by atoms with E-state index < -0.39 is 32.2 Å². The van der Waals surface area contributed by atoms with Crippen LogP contribution < -0.4 is 29.5 Å². The van der Waals surface area contributed by atoms with E-state index in [0.717, 1.165) is 89.7 Å². The number of H-pyrrole nitrogens is 1. The van der Waals surface area contributed by atoms with E-state index >= 15 is 0 Å². The zero-order valence-electron chi connectivity index (χ0n) is 41.8. The average Bonchev–Trinajstić information content (AvgIpc) is 3.70. The van der Waals surface area contributed by atoms with Gasteiger partial charge >= 0.3 is 0 Å². The number of fused-ring (bicyclic) bond motifs is 1. The summed E-state index contributed by atoms with van der Waals surface area (Å²) in [6.07, 6.45) is 9.47. The lowest BCUT2D eigenvalue weighted by Crippen LogP contribution is -2.60. The van der Waals surface area contributed by atoms with E-state index in [2.05, 4.69) is 84.7 Å². The number of halogens is 1. The Morgan fingerprint density at radius 1 is 1.03 bits per heavy atom. The summed E-state index contributed by atoms with van der Waals surface area (Å²) in [7, 11) is -3.35. The van der Waals surface area contributed by atoms with Gasteiger partial charge in [-0.05, 0) is 125 Å². The third-order valence-electron chi connectivity index (χ3n) is 15.6. The fourth-order valence-corrected chi connectivity index (χ4v) is 12.3. The minimum Gasteiger partial charge on any atom is -0.758 e. The van der Waals surface area contributed by atoms with Gasteiger partial charge in [-0.25, -0.2) is 22.5 Å². The number of piperazine rings is 1. The molecule has 9 rings (SSSR count). The van der Waals surface area contributed by atoms with E-state index in [4.69, 9.17) is 9.47 Å². The van der Waals surface area contributed by atoms with E-state index in [-0.39, 0.29) is 63.4 Å². The van der Waals surface area contributed by atoms with E-state index in [1.807, 2.05) is 6.92 Å². The number of hydroxylamine groups is 1. The molecule has 71 heavy (non-hydrogen) atoms. The fraction of sp³-hybridized carbons (Fsp3) is 0.528. The van der Waals surface area contributed by atoms with Crippen molar-refractivity contribution >= 4 is 44.2 Å². The number of aliphatic hydroxyl groups is 1. The number of piperidine rings is 1. The summed E-state index contributed by atoms with van der Waals surface area (Å²) in [4.78, 5) is 33.0. The Kier molecular flexibility index (Phi) is 14.6. The van der Waals surface area contributed by atoms with E-state index in [9.17, 15) is 27.9 Å². The highest BCUT2D eigenvalue weighted by Gasteiger charge is 2.50. The predicted molar refractivity (Wildman–Crippen MR) is 274 cm³/mol. The number of anilines is 3. The number of pyridine rings is 2. The summed E-state index contributed by atoms with van der Waals surface area (Å²) >= 11 is 0. The number of benzene rings is 2. The van der Waals surface area contributed by atoms with E-state index in [1.54, 1.807) is 19.1 Å². The number of aromatic amines is 1. The van der Waals surface area contributed by atoms with Gasteiger partial charge in [0, 0.05) is 81.6 Å². The Hall–Kier alpha value is -5.53. The molecular formula is C53H69FN9O7S-. The van der Waals surface area contributed by atoms with Crippen LogP contribution in [0.3, 0.4) is 0 Å². The largest absolute Gasteiger partial charge is 0.758 e. The zero-order valence-corrected chi connectivity index (χ0v) is 42.7. The highest BCUT2D eigenvalue weighted by molar-refractivity contribution is 7.90. The number of hydrogen-bond donors (Lipinski definition) is 4. The summed E-state index contributed by atoms with van der Waals surface area (Å²) in [5.41, 5.74) is 3.31. The van der Waals surface area contributed by atoms with E-state index in [1.165, 1.54) is 42.6 Å². The highest BCUT2D eigenvalue weighted by atomic mass is 32.2. The van der Waals surface area contributed by atoms with Crippen LogP contribution in [0.15, 0.2) is 71.9 Å². The molecule has 4 N–H and O–H groups in total. The van der Waals surface area contributed by atoms with Gasteiger partial charge in [-0.2, -0.15) is 4.98 Å². The third kappa shape index (κ3) is 10.8. The number of nitrogens with zero attached hydrogens (tertiary/aromatic N) is 6. The van der Waals surface area contributed by atoms with Crippen molar-refractivity contribution in [2.45, 2.75) is 114 Å². The van der Waals surface area contributed by atoms with Crippen LogP contribution >= 0.6 is 0 Å². The lowest BCUT2D eigenvalue weighted by molar-refractivity contribution is -0.0610. The first-order valence-corrected chi connectivity index (χ1v) is 26.8. The van der Waals surface area contributed by atoms with Crippen molar-refractivity contribution in [1.82, 2.24) is 29.5 Å². The average molecular weight is 995 g/mol. The Morgan fingerprint density at radius 2 is 1.77 bits per heavy atom. The van der Waals surface area contributed by atoms with Crippen molar-refractivity contribution in [2.24, 2.45) is 11.3 Å².